The summed E-state index contributed by atoms with van der Waals surface area (Å²) in [6, 6.07) is 0.798. The van der Waals surface area contributed by atoms with E-state index in [9.17, 15) is 0 Å². The average Bonchev–Trinajstić information content (AvgIpc) is 2.40. The molecule has 0 amide bonds. The van der Waals surface area contributed by atoms with Crippen LogP contribution in [-0.4, -0.2) is 37.6 Å². The Kier molecular flexibility index (Phi) is 6.66. The summed E-state index contributed by atoms with van der Waals surface area (Å²) in [4.78, 5) is 2.55. The topological polar surface area (TPSA) is 15.3 Å². The van der Waals surface area contributed by atoms with Crippen LogP contribution in [0.5, 0.6) is 0 Å². The largest absolute Gasteiger partial charge is 0.313 e. The molecule has 0 saturated heterocycles. The SMILES string of the molecule is CC1CCCC(NCCN(C)CC2CCCCC2)C1. The highest BCUT2D eigenvalue weighted by atomic mass is 15.1. The third kappa shape index (κ3) is 5.83. The van der Waals surface area contributed by atoms with Gasteiger partial charge in [-0.1, -0.05) is 39.0 Å². The van der Waals surface area contributed by atoms with Crippen molar-refractivity contribution in [3.05, 3.63) is 0 Å². The molecule has 0 heterocycles. The highest BCUT2D eigenvalue weighted by Crippen LogP contribution is 2.24. The van der Waals surface area contributed by atoms with Crippen molar-refractivity contribution in [2.24, 2.45) is 11.8 Å². The van der Waals surface area contributed by atoms with Crippen LogP contribution in [0.1, 0.15) is 64.7 Å². The Morgan fingerprint density at radius 1 is 1.00 bits per heavy atom. The van der Waals surface area contributed by atoms with Crippen LogP contribution in [0.4, 0.5) is 0 Å². The molecule has 2 rings (SSSR count). The maximum atomic E-state index is 3.78. The number of hydrogen-bond donors (Lipinski definition) is 1. The van der Waals surface area contributed by atoms with Gasteiger partial charge in [0.05, 0.1) is 0 Å². The minimum Gasteiger partial charge on any atom is -0.313 e. The Morgan fingerprint density at radius 2 is 1.79 bits per heavy atom. The monoisotopic (exact) mass is 266 g/mol. The van der Waals surface area contributed by atoms with E-state index in [1.54, 1.807) is 0 Å². The lowest BCUT2D eigenvalue weighted by Crippen LogP contribution is -2.39. The first kappa shape index (κ1) is 15.3. The van der Waals surface area contributed by atoms with Gasteiger partial charge in [-0.15, -0.1) is 0 Å². The first-order valence-electron chi connectivity index (χ1n) is 8.66. The lowest BCUT2D eigenvalue weighted by Gasteiger charge is -2.30. The van der Waals surface area contributed by atoms with Gasteiger partial charge in [-0.05, 0) is 44.6 Å². The van der Waals surface area contributed by atoms with Gasteiger partial charge >= 0.3 is 0 Å². The molecular formula is C17H34N2. The van der Waals surface area contributed by atoms with Crippen LogP contribution in [0.3, 0.4) is 0 Å². The molecule has 2 atom stereocenters. The zero-order chi connectivity index (χ0) is 13.5. The van der Waals surface area contributed by atoms with Gasteiger partial charge in [-0.25, -0.2) is 0 Å². The Morgan fingerprint density at radius 3 is 2.53 bits per heavy atom. The molecular weight excluding hydrogens is 232 g/mol. The Balaban J connectivity index is 1.54. The maximum absolute atomic E-state index is 3.78. The van der Waals surface area contributed by atoms with Crippen molar-refractivity contribution in [3.8, 4) is 0 Å². The molecule has 0 radical (unpaired) electrons. The van der Waals surface area contributed by atoms with Gasteiger partial charge in [0.1, 0.15) is 0 Å². The van der Waals surface area contributed by atoms with E-state index in [1.165, 1.54) is 77.4 Å². The van der Waals surface area contributed by atoms with Crippen LogP contribution in [0.25, 0.3) is 0 Å². The van der Waals surface area contributed by atoms with Gasteiger partial charge in [0.15, 0.2) is 0 Å². The second-order valence-corrected chi connectivity index (χ2v) is 7.19. The first-order valence-corrected chi connectivity index (χ1v) is 8.66. The van der Waals surface area contributed by atoms with E-state index in [0.717, 1.165) is 17.9 Å². The summed E-state index contributed by atoms with van der Waals surface area (Å²) in [7, 11) is 2.31. The summed E-state index contributed by atoms with van der Waals surface area (Å²) >= 11 is 0. The number of nitrogens with one attached hydrogen (secondary N) is 1. The Labute approximate surface area is 120 Å². The molecule has 2 heteroatoms. The van der Waals surface area contributed by atoms with Gasteiger partial charge in [0.2, 0.25) is 0 Å². The highest BCUT2D eigenvalue weighted by Gasteiger charge is 2.18. The molecule has 2 nitrogen and oxygen atoms in total. The minimum absolute atomic E-state index is 0.798. The summed E-state index contributed by atoms with van der Waals surface area (Å²) in [6.45, 7) is 6.13. The summed E-state index contributed by atoms with van der Waals surface area (Å²) in [5.74, 6) is 1.92. The quantitative estimate of drug-likeness (QED) is 0.789. The van der Waals surface area contributed by atoms with Crippen molar-refractivity contribution in [2.45, 2.75) is 70.8 Å². The fourth-order valence-corrected chi connectivity index (χ4v) is 3.98. The highest BCUT2D eigenvalue weighted by molar-refractivity contribution is 4.76. The van der Waals surface area contributed by atoms with Crippen LogP contribution in [0, 0.1) is 11.8 Å². The Bertz CT molecular complexity index is 235. The van der Waals surface area contributed by atoms with Gasteiger partial charge < -0.3 is 10.2 Å². The zero-order valence-electron chi connectivity index (χ0n) is 13.2. The maximum Gasteiger partial charge on any atom is 0.0104 e. The second kappa shape index (κ2) is 8.26. The summed E-state index contributed by atoms with van der Waals surface area (Å²) in [5, 5.41) is 3.78. The van der Waals surface area contributed by atoms with E-state index in [2.05, 4.69) is 24.2 Å². The number of nitrogens with zero attached hydrogens (tertiary/aromatic N) is 1. The molecule has 0 spiro atoms. The molecule has 0 aromatic heterocycles. The van der Waals surface area contributed by atoms with Crippen LogP contribution in [0.15, 0.2) is 0 Å². The van der Waals surface area contributed by atoms with E-state index in [4.69, 9.17) is 0 Å². The fraction of sp³-hybridized carbons (Fsp3) is 1.00. The zero-order valence-corrected chi connectivity index (χ0v) is 13.2. The van der Waals surface area contributed by atoms with Gasteiger partial charge in [-0.3, -0.25) is 0 Å². The van der Waals surface area contributed by atoms with Gasteiger partial charge in [0, 0.05) is 25.7 Å². The van der Waals surface area contributed by atoms with E-state index in [-0.39, 0.29) is 0 Å². The molecule has 2 unspecified atom stereocenters. The smallest absolute Gasteiger partial charge is 0.0104 e. The molecule has 1 N–H and O–H groups in total. The molecule has 112 valence electrons. The van der Waals surface area contributed by atoms with Crippen LogP contribution < -0.4 is 5.32 Å². The molecule has 2 aliphatic rings. The summed E-state index contributed by atoms with van der Waals surface area (Å²) < 4.78 is 0. The number of hydrogen-bond acceptors (Lipinski definition) is 2. The van der Waals surface area contributed by atoms with Crippen LogP contribution in [0.2, 0.25) is 0 Å². The normalized spacial score (nSPS) is 29.8. The molecule has 2 saturated carbocycles. The average molecular weight is 266 g/mol. The fourth-order valence-electron chi connectivity index (χ4n) is 3.98. The first-order chi connectivity index (χ1) is 9.24. The second-order valence-electron chi connectivity index (χ2n) is 7.19. The van der Waals surface area contributed by atoms with E-state index in [0.29, 0.717) is 0 Å². The van der Waals surface area contributed by atoms with Crippen molar-refractivity contribution in [2.75, 3.05) is 26.7 Å². The number of rotatable bonds is 6. The van der Waals surface area contributed by atoms with Crippen molar-refractivity contribution in [3.63, 3.8) is 0 Å². The van der Waals surface area contributed by atoms with Crippen molar-refractivity contribution < 1.29 is 0 Å². The predicted octanol–water partition coefficient (Wildman–Crippen LogP) is 3.67. The number of likely N-dealkylation sites (N-methyl/N-ethyl adjacent to an activating group) is 1. The molecule has 0 aliphatic heterocycles. The third-order valence-corrected chi connectivity index (χ3v) is 5.16. The predicted molar refractivity (Wildman–Crippen MR) is 83.5 cm³/mol. The van der Waals surface area contributed by atoms with E-state index < -0.39 is 0 Å². The van der Waals surface area contributed by atoms with Crippen LogP contribution in [-0.2, 0) is 0 Å². The molecule has 0 aromatic rings. The molecule has 0 aromatic carbocycles. The lowest BCUT2D eigenvalue weighted by atomic mass is 9.87. The molecule has 19 heavy (non-hydrogen) atoms. The van der Waals surface area contributed by atoms with Crippen molar-refractivity contribution in [1.82, 2.24) is 10.2 Å². The lowest BCUT2D eigenvalue weighted by molar-refractivity contribution is 0.225. The molecule has 2 aliphatic carbocycles. The third-order valence-electron chi connectivity index (χ3n) is 5.16. The van der Waals surface area contributed by atoms with Crippen LogP contribution >= 0.6 is 0 Å². The standard InChI is InChI=1S/C17H34N2/c1-15-7-6-10-17(13-15)18-11-12-19(2)14-16-8-4-3-5-9-16/h15-18H,3-14H2,1-2H3. The minimum atomic E-state index is 0.798. The summed E-state index contributed by atoms with van der Waals surface area (Å²) in [6.07, 6.45) is 13.0. The van der Waals surface area contributed by atoms with E-state index >= 15 is 0 Å². The Hall–Kier alpha value is -0.0800. The molecule has 0 bridgehead atoms. The van der Waals surface area contributed by atoms with Gasteiger partial charge in [0.25, 0.3) is 0 Å². The van der Waals surface area contributed by atoms with Gasteiger partial charge in [-0.2, -0.15) is 0 Å². The van der Waals surface area contributed by atoms with Crippen molar-refractivity contribution in [1.29, 1.82) is 0 Å². The molecule has 2 fully saturated rings. The van der Waals surface area contributed by atoms with E-state index in [1.807, 2.05) is 0 Å². The van der Waals surface area contributed by atoms with Crippen molar-refractivity contribution >= 4 is 0 Å². The summed E-state index contributed by atoms with van der Waals surface area (Å²) in [5.41, 5.74) is 0.